The average Bonchev–Trinajstić information content (AvgIpc) is 2.95. The van der Waals surface area contributed by atoms with Gasteiger partial charge in [-0.15, -0.1) is 0 Å². The van der Waals surface area contributed by atoms with Gasteiger partial charge in [0.15, 0.2) is 0 Å². The number of aromatic nitrogens is 2. The van der Waals surface area contributed by atoms with Crippen LogP contribution >= 0.6 is 11.8 Å². The van der Waals surface area contributed by atoms with Gasteiger partial charge in [-0.05, 0) is 24.7 Å². The number of rotatable bonds is 8. The molecule has 0 aliphatic rings. The van der Waals surface area contributed by atoms with E-state index in [2.05, 4.69) is 33.9 Å². The highest BCUT2D eigenvalue weighted by molar-refractivity contribution is 7.99. The first-order valence-electron chi connectivity index (χ1n) is 7.60. The molecule has 0 aliphatic carbocycles. The summed E-state index contributed by atoms with van der Waals surface area (Å²) in [6.07, 6.45) is 4.64. The van der Waals surface area contributed by atoms with Crippen molar-refractivity contribution in [3.05, 3.63) is 54.1 Å². The summed E-state index contributed by atoms with van der Waals surface area (Å²) in [5.74, 6) is 2.57. The summed E-state index contributed by atoms with van der Waals surface area (Å²) in [6, 6.07) is 10.2. The highest BCUT2D eigenvalue weighted by atomic mass is 32.2. The van der Waals surface area contributed by atoms with Gasteiger partial charge < -0.3 is 9.88 Å². The standard InChI is InChI=1S/C17H23N3OS/c1-3-22-13-17(21)19-16(15-7-5-4-6-8-15)9-11-20-12-10-18-14(20)2/h4-8,10,12,16H,3,9,11,13H2,1-2H3,(H,19,21)/t16-/m1/s1. The third-order valence-corrected chi connectivity index (χ3v) is 4.43. The Morgan fingerprint density at radius 3 is 2.77 bits per heavy atom. The largest absolute Gasteiger partial charge is 0.349 e. The minimum absolute atomic E-state index is 0.0351. The fraction of sp³-hybridized carbons (Fsp3) is 0.412. The van der Waals surface area contributed by atoms with Gasteiger partial charge in [0, 0.05) is 18.9 Å². The second-order valence-electron chi connectivity index (χ2n) is 5.12. The molecule has 1 amide bonds. The van der Waals surface area contributed by atoms with E-state index in [0.29, 0.717) is 5.75 Å². The summed E-state index contributed by atoms with van der Waals surface area (Å²) in [6.45, 7) is 4.90. The maximum Gasteiger partial charge on any atom is 0.230 e. The first kappa shape index (κ1) is 16.6. The molecule has 0 aliphatic heterocycles. The van der Waals surface area contributed by atoms with E-state index in [1.165, 1.54) is 0 Å². The number of hydrogen-bond acceptors (Lipinski definition) is 3. The number of benzene rings is 1. The van der Waals surface area contributed by atoms with Crippen LogP contribution in [0.2, 0.25) is 0 Å². The van der Waals surface area contributed by atoms with Gasteiger partial charge in [0.05, 0.1) is 11.8 Å². The van der Waals surface area contributed by atoms with Crippen molar-refractivity contribution < 1.29 is 4.79 Å². The van der Waals surface area contributed by atoms with Crippen molar-refractivity contribution in [1.29, 1.82) is 0 Å². The SMILES string of the molecule is CCSCC(=O)N[C@H](CCn1ccnc1C)c1ccccc1. The van der Waals surface area contributed by atoms with Crippen molar-refractivity contribution in [2.45, 2.75) is 32.9 Å². The minimum atomic E-state index is 0.0351. The molecule has 1 aromatic heterocycles. The summed E-state index contributed by atoms with van der Waals surface area (Å²) in [7, 11) is 0. The Balaban J connectivity index is 2.01. The number of carbonyl (C=O) groups is 1. The van der Waals surface area contributed by atoms with E-state index >= 15 is 0 Å². The van der Waals surface area contributed by atoms with Crippen LogP contribution in [0, 0.1) is 6.92 Å². The van der Waals surface area contributed by atoms with Gasteiger partial charge in [-0.1, -0.05) is 37.3 Å². The first-order valence-corrected chi connectivity index (χ1v) is 8.76. The van der Waals surface area contributed by atoms with E-state index in [0.717, 1.165) is 30.1 Å². The van der Waals surface area contributed by atoms with Crippen LogP contribution in [-0.4, -0.2) is 27.0 Å². The molecule has 5 heteroatoms. The maximum atomic E-state index is 12.1. The molecule has 1 atom stereocenters. The average molecular weight is 317 g/mol. The monoisotopic (exact) mass is 317 g/mol. The second-order valence-corrected chi connectivity index (χ2v) is 6.40. The molecule has 0 saturated carbocycles. The summed E-state index contributed by atoms with van der Waals surface area (Å²) < 4.78 is 2.11. The van der Waals surface area contributed by atoms with Crippen molar-refractivity contribution in [3.63, 3.8) is 0 Å². The van der Waals surface area contributed by atoms with Crippen LogP contribution in [0.4, 0.5) is 0 Å². The molecular weight excluding hydrogens is 294 g/mol. The van der Waals surface area contributed by atoms with Gasteiger partial charge in [-0.2, -0.15) is 11.8 Å². The second kappa shape index (κ2) is 8.63. The number of amides is 1. The van der Waals surface area contributed by atoms with Gasteiger partial charge in [-0.3, -0.25) is 4.79 Å². The maximum absolute atomic E-state index is 12.1. The van der Waals surface area contributed by atoms with Crippen molar-refractivity contribution in [1.82, 2.24) is 14.9 Å². The molecule has 0 radical (unpaired) electrons. The van der Waals surface area contributed by atoms with Gasteiger partial charge in [0.1, 0.15) is 5.82 Å². The lowest BCUT2D eigenvalue weighted by atomic mass is 10.0. The van der Waals surface area contributed by atoms with Crippen LogP contribution in [-0.2, 0) is 11.3 Å². The van der Waals surface area contributed by atoms with Crippen LogP contribution in [0.3, 0.4) is 0 Å². The molecule has 0 unspecified atom stereocenters. The number of hydrogen-bond donors (Lipinski definition) is 1. The molecule has 0 saturated heterocycles. The molecule has 2 aromatic rings. The zero-order valence-corrected chi connectivity index (χ0v) is 14.0. The molecular formula is C17H23N3OS. The van der Waals surface area contributed by atoms with Crippen molar-refractivity contribution in [2.24, 2.45) is 0 Å². The van der Waals surface area contributed by atoms with E-state index in [4.69, 9.17) is 0 Å². The molecule has 1 aromatic carbocycles. The molecule has 0 bridgehead atoms. The fourth-order valence-corrected chi connectivity index (χ4v) is 2.82. The third kappa shape index (κ3) is 4.91. The lowest BCUT2D eigenvalue weighted by Crippen LogP contribution is -2.30. The topological polar surface area (TPSA) is 46.9 Å². The summed E-state index contributed by atoms with van der Waals surface area (Å²) in [5.41, 5.74) is 1.15. The summed E-state index contributed by atoms with van der Waals surface area (Å²) >= 11 is 1.64. The Labute approximate surface area is 136 Å². The van der Waals surface area contributed by atoms with Crippen molar-refractivity contribution in [3.8, 4) is 0 Å². The Kier molecular flexibility index (Phi) is 6.52. The van der Waals surface area contributed by atoms with Gasteiger partial charge in [0.2, 0.25) is 5.91 Å². The minimum Gasteiger partial charge on any atom is -0.349 e. The third-order valence-electron chi connectivity index (χ3n) is 3.56. The Bertz CT molecular complexity index is 583. The van der Waals surface area contributed by atoms with Crippen LogP contribution in [0.1, 0.15) is 30.8 Å². The zero-order chi connectivity index (χ0) is 15.8. The van der Waals surface area contributed by atoms with Crippen molar-refractivity contribution >= 4 is 17.7 Å². The van der Waals surface area contributed by atoms with E-state index in [1.807, 2.05) is 37.5 Å². The van der Waals surface area contributed by atoms with Crippen molar-refractivity contribution in [2.75, 3.05) is 11.5 Å². The summed E-state index contributed by atoms with van der Waals surface area (Å²) in [4.78, 5) is 16.3. The van der Waals surface area contributed by atoms with Gasteiger partial charge in [-0.25, -0.2) is 4.98 Å². The Hall–Kier alpha value is -1.75. The van der Waals surface area contributed by atoms with E-state index in [1.54, 1.807) is 11.8 Å². The molecule has 118 valence electrons. The lowest BCUT2D eigenvalue weighted by Gasteiger charge is -2.20. The Morgan fingerprint density at radius 1 is 1.36 bits per heavy atom. The number of nitrogens with zero attached hydrogens (tertiary/aromatic N) is 2. The number of thioether (sulfide) groups is 1. The fourth-order valence-electron chi connectivity index (χ4n) is 2.35. The highest BCUT2D eigenvalue weighted by Crippen LogP contribution is 2.18. The number of nitrogens with one attached hydrogen (secondary N) is 1. The number of carbonyl (C=O) groups excluding carboxylic acids is 1. The normalized spacial score (nSPS) is 12.1. The van der Waals surface area contributed by atoms with Crippen LogP contribution in [0.15, 0.2) is 42.7 Å². The van der Waals surface area contributed by atoms with Crippen LogP contribution in [0.5, 0.6) is 0 Å². The van der Waals surface area contributed by atoms with E-state index in [9.17, 15) is 4.79 Å². The number of imidazole rings is 1. The first-order chi connectivity index (χ1) is 10.7. The molecule has 2 rings (SSSR count). The molecule has 22 heavy (non-hydrogen) atoms. The smallest absolute Gasteiger partial charge is 0.230 e. The molecule has 4 nitrogen and oxygen atoms in total. The van der Waals surface area contributed by atoms with Gasteiger partial charge in [0.25, 0.3) is 0 Å². The predicted molar refractivity (Wildman–Crippen MR) is 91.9 cm³/mol. The van der Waals surface area contributed by atoms with E-state index < -0.39 is 0 Å². The quantitative estimate of drug-likeness (QED) is 0.813. The highest BCUT2D eigenvalue weighted by Gasteiger charge is 2.14. The molecule has 0 spiro atoms. The van der Waals surface area contributed by atoms with Gasteiger partial charge >= 0.3 is 0 Å². The predicted octanol–water partition coefficient (Wildman–Crippen LogP) is 3.19. The summed E-state index contributed by atoms with van der Waals surface area (Å²) in [5, 5.41) is 3.16. The number of aryl methyl sites for hydroxylation is 2. The molecule has 1 heterocycles. The Morgan fingerprint density at radius 2 is 2.14 bits per heavy atom. The zero-order valence-electron chi connectivity index (χ0n) is 13.2. The molecule has 0 fully saturated rings. The lowest BCUT2D eigenvalue weighted by molar-refractivity contribution is -0.119. The molecule has 1 N–H and O–H groups in total. The van der Waals surface area contributed by atoms with Crippen LogP contribution < -0.4 is 5.32 Å². The van der Waals surface area contributed by atoms with Crippen LogP contribution in [0.25, 0.3) is 0 Å². The van der Waals surface area contributed by atoms with E-state index in [-0.39, 0.29) is 11.9 Å².